The Morgan fingerprint density at radius 2 is 2.10 bits per heavy atom. The molecule has 0 aromatic carbocycles. The quantitative estimate of drug-likeness (QED) is 0.852. The minimum atomic E-state index is -4.63. The summed E-state index contributed by atoms with van der Waals surface area (Å²) in [5.41, 5.74) is -1.00. The van der Waals surface area contributed by atoms with Crippen molar-refractivity contribution < 1.29 is 18.0 Å². The van der Waals surface area contributed by atoms with Crippen molar-refractivity contribution in [1.82, 2.24) is 14.7 Å². The van der Waals surface area contributed by atoms with E-state index in [9.17, 15) is 18.0 Å². The van der Waals surface area contributed by atoms with Crippen molar-refractivity contribution in [3.8, 4) is 0 Å². The Labute approximate surface area is 125 Å². The molecule has 0 bridgehead atoms. The van der Waals surface area contributed by atoms with Gasteiger partial charge in [-0.25, -0.2) is 0 Å². The summed E-state index contributed by atoms with van der Waals surface area (Å²) in [7, 11) is 1.66. The van der Waals surface area contributed by atoms with Crippen LogP contribution in [0.25, 0.3) is 0 Å². The minimum Gasteiger partial charge on any atom is -0.344 e. The second-order valence-electron chi connectivity index (χ2n) is 5.53. The molecule has 1 saturated carbocycles. The van der Waals surface area contributed by atoms with Crippen LogP contribution in [0.1, 0.15) is 37.2 Å². The van der Waals surface area contributed by atoms with Crippen molar-refractivity contribution in [3.63, 3.8) is 0 Å². The van der Waals surface area contributed by atoms with E-state index in [0.29, 0.717) is 12.5 Å². The fourth-order valence-electron chi connectivity index (χ4n) is 2.26. The smallest absolute Gasteiger partial charge is 0.344 e. The molecule has 4 nitrogen and oxygen atoms in total. The van der Waals surface area contributed by atoms with Crippen LogP contribution in [0, 0.1) is 12.8 Å². The van der Waals surface area contributed by atoms with Gasteiger partial charge < -0.3 is 4.90 Å². The normalized spacial score (nSPS) is 16.9. The standard InChI is InChI=1S/C13H17ClF3N3O/c1-7-10(14)11(13(15,16)17)18-20(7)8(2)12(21)19(3)6-9-4-5-9/h8-9H,4-6H2,1-3H3. The second kappa shape index (κ2) is 5.51. The van der Waals surface area contributed by atoms with E-state index in [2.05, 4.69) is 5.10 Å². The lowest BCUT2D eigenvalue weighted by Gasteiger charge is -2.22. The SMILES string of the molecule is Cc1c(Cl)c(C(F)(F)F)nn1C(C)C(=O)N(C)CC1CC1. The highest BCUT2D eigenvalue weighted by Gasteiger charge is 2.39. The summed E-state index contributed by atoms with van der Waals surface area (Å²) in [6.07, 6.45) is -2.44. The van der Waals surface area contributed by atoms with Gasteiger partial charge in [-0.1, -0.05) is 11.6 Å². The zero-order valence-corrected chi connectivity index (χ0v) is 12.8. The number of amides is 1. The Morgan fingerprint density at radius 1 is 1.52 bits per heavy atom. The van der Waals surface area contributed by atoms with Gasteiger partial charge in [0.1, 0.15) is 6.04 Å². The molecule has 1 amide bonds. The molecule has 0 N–H and O–H groups in total. The largest absolute Gasteiger partial charge is 0.436 e. The summed E-state index contributed by atoms with van der Waals surface area (Å²) in [5.74, 6) is 0.247. The van der Waals surface area contributed by atoms with Crippen LogP contribution in [-0.4, -0.2) is 34.2 Å². The summed E-state index contributed by atoms with van der Waals surface area (Å²) >= 11 is 5.69. The highest BCUT2D eigenvalue weighted by atomic mass is 35.5. The van der Waals surface area contributed by atoms with Gasteiger partial charge in [-0.15, -0.1) is 0 Å². The lowest BCUT2D eigenvalue weighted by molar-refractivity contribution is -0.142. The van der Waals surface area contributed by atoms with Gasteiger partial charge >= 0.3 is 6.18 Å². The summed E-state index contributed by atoms with van der Waals surface area (Å²) in [4.78, 5) is 13.8. The van der Waals surface area contributed by atoms with E-state index in [1.165, 1.54) is 13.8 Å². The average Bonchev–Trinajstić information content (AvgIpc) is 3.13. The molecule has 118 valence electrons. The molecule has 1 aromatic heterocycles. The highest BCUT2D eigenvalue weighted by Crippen LogP contribution is 2.36. The topological polar surface area (TPSA) is 38.1 Å². The summed E-state index contributed by atoms with van der Waals surface area (Å²) < 4.78 is 39.4. The van der Waals surface area contributed by atoms with Crippen LogP contribution in [0.3, 0.4) is 0 Å². The van der Waals surface area contributed by atoms with Gasteiger partial charge in [0.15, 0.2) is 5.69 Å². The van der Waals surface area contributed by atoms with Crippen molar-refractivity contribution in [3.05, 3.63) is 16.4 Å². The first-order chi connectivity index (χ1) is 9.62. The summed E-state index contributed by atoms with van der Waals surface area (Å²) in [6.45, 7) is 3.58. The number of carbonyl (C=O) groups is 1. The van der Waals surface area contributed by atoms with Gasteiger partial charge in [-0.05, 0) is 32.6 Å². The molecular formula is C13H17ClF3N3O. The Balaban J connectivity index is 2.22. The Hall–Kier alpha value is -1.24. The Morgan fingerprint density at radius 3 is 2.52 bits per heavy atom. The molecule has 1 unspecified atom stereocenters. The molecule has 1 aliphatic carbocycles. The molecule has 0 radical (unpaired) electrons. The lowest BCUT2D eigenvalue weighted by Crippen LogP contribution is -2.35. The first-order valence-corrected chi connectivity index (χ1v) is 7.07. The zero-order chi connectivity index (χ0) is 15.9. The van der Waals surface area contributed by atoms with Gasteiger partial charge in [0.25, 0.3) is 0 Å². The number of likely N-dealkylation sites (N-methyl/N-ethyl adjacent to an activating group) is 1. The van der Waals surface area contributed by atoms with Crippen molar-refractivity contribution in [1.29, 1.82) is 0 Å². The maximum absolute atomic E-state index is 12.8. The average molecular weight is 324 g/mol. The summed E-state index contributed by atoms with van der Waals surface area (Å²) in [5, 5.41) is 3.04. The van der Waals surface area contributed by atoms with Gasteiger partial charge in [0, 0.05) is 13.6 Å². The molecule has 1 aliphatic rings. The first-order valence-electron chi connectivity index (χ1n) is 6.69. The molecular weight excluding hydrogens is 307 g/mol. The van der Waals surface area contributed by atoms with Gasteiger partial charge in [-0.2, -0.15) is 18.3 Å². The predicted molar refractivity (Wildman–Crippen MR) is 72.0 cm³/mol. The number of hydrogen-bond donors (Lipinski definition) is 0. The van der Waals surface area contributed by atoms with Crippen LogP contribution in [0.5, 0.6) is 0 Å². The van der Waals surface area contributed by atoms with E-state index in [1.54, 1.807) is 11.9 Å². The van der Waals surface area contributed by atoms with E-state index in [0.717, 1.165) is 17.5 Å². The molecule has 2 rings (SSSR count). The third kappa shape index (κ3) is 3.33. The van der Waals surface area contributed by atoms with Gasteiger partial charge in [0.05, 0.1) is 10.7 Å². The van der Waals surface area contributed by atoms with Crippen LogP contribution in [0.15, 0.2) is 0 Å². The van der Waals surface area contributed by atoms with E-state index >= 15 is 0 Å². The molecule has 0 aliphatic heterocycles. The highest BCUT2D eigenvalue weighted by molar-refractivity contribution is 6.32. The van der Waals surface area contributed by atoms with Crippen LogP contribution >= 0.6 is 11.6 Å². The first kappa shape index (κ1) is 16.1. The van der Waals surface area contributed by atoms with Crippen molar-refractivity contribution >= 4 is 17.5 Å². The number of alkyl halides is 3. The third-order valence-corrected chi connectivity index (χ3v) is 4.13. The van der Waals surface area contributed by atoms with Crippen molar-refractivity contribution in [2.75, 3.05) is 13.6 Å². The van der Waals surface area contributed by atoms with Crippen LogP contribution in [0.4, 0.5) is 13.2 Å². The predicted octanol–water partition coefficient (Wildman–Crippen LogP) is 3.29. The Bertz CT molecular complexity index is 552. The number of carbonyl (C=O) groups excluding carboxylic acids is 1. The van der Waals surface area contributed by atoms with Crippen molar-refractivity contribution in [2.45, 2.75) is 38.9 Å². The molecule has 0 spiro atoms. The number of hydrogen-bond acceptors (Lipinski definition) is 2. The Kier molecular flexibility index (Phi) is 4.24. The number of halogens is 4. The van der Waals surface area contributed by atoms with E-state index in [-0.39, 0.29) is 11.6 Å². The lowest BCUT2D eigenvalue weighted by atomic mass is 10.2. The third-order valence-electron chi connectivity index (χ3n) is 3.67. The molecule has 21 heavy (non-hydrogen) atoms. The maximum atomic E-state index is 12.8. The molecule has 8 heteroatoms. The van der Waals surface area contributed by atoms with Crippen LogP contribution in [-0.2, 0) is 11.0 Å². The second-order valence-corrected chi connectivity index (χ2v) is 5.91. The fourth-order valence-corrected chi connectivity index (χ4v) is 2.49. The molecule has 1 atom stereocenters. The fraction of sp³-hybridized carbons (Fsp3) is 0.692. The maximum Gasteiger partial charge on any atom is 0.436 e. The van der Waals surface area contributed by atoms with Crippen LogP contribution in [0.2, 0.25) is 5.02 Å². The molecule has 1 aromatic rings. The summed E-state index contributed by atoms with van der Waals surface area (Å²) in [6, 6.07) is -0.817. The van der Waals surface area contributed by atoms with Gasteiger partial charge in [0.2, 0.25) is 5.91 Å². The number of aromatic nitrogens is 2. The van der Waals surface area contributed by atoms with Crippen LogP contribution < -0.4 is 0 Å². The number of nitrogens with zero attached hydrogens (tertiary/aromatic N) is 3. The van der Waals surface area contributed by atoms with E-state index < -0.39 is 22.9 Å². The zero-order valence-electron chi connectivity index (χ0n) is 12.0. The molecule has 1 heterocycles. The molecule has 0 saturated heterocycles. The van der Waals surface area contributed by atoms with E-state index in [4.69, 9.17) is 11.6 Å². The van der Waals surface area contributed by atoms with Crippen molar-refractivity contribution in [2.24, 2.45) is 5.92 Å². The minimum absolute atomic E-state index is 0.143. The van der Waals surface area contributed by atoms with Gasteiger partial charge in [-0.3, -0.25) is 9.48 Å². The van der Waals surface area contributed by atoms with E-state index in [1.807, 2.05) is 0 Å². The number of rotatable bonds is 4. The monoisotopic (exact) mass is 323 g/mol. The molecule has 1 fully saturated rings.